The van der Waals surface area contributed by atoms with E-state index in [1.165, 1.54) is 0 Å². The number of aromatic nitrogens is 2. The van der Waals surface area contributed by atoms with Gasteiger partial charge in [0.25, 0.3) is 0 Å². The molecule has 1 aromatic rings. The molecular formula is C10H15N3O2. The van der Waals surface area contributed by atoms with Crippen LogP contribution < -0.4 is 5.73 Å². The van der Waals surface area contributed by atoms with Crippen molar-refractivity contribution in [1.82, 2.24) is 9.55 Å². The summed E-state index contributed by atoms with van der Waals surface area (Å²) in [4.78, 5) is 15.2. The Morgan fingerprint density at radius 2 is 2.33 bits per heavy atom. The molecule has 82 valence electrons. The lowest BCUT2D eigenvalue weighted by Crippen LogP contribution is -2.28. The summed E-state index contributed by atoms with van der Waals surface area (Å²) in [6.45, 7) is 0.109. The fourth-order valence-electron chi connectivity index (χ4n) is 2.09. The molecule has 0 saturated heterocycles. The molecule has 15 heavy (non-hydrogen) atoms. The zero-order valence-electron chi connectivity index (χ0n) is 8.52. The highest BCUT2D eigenvalue weighted by Crippen LogP contribution is 2.22. The van der Waals surface area contributed by atoms with Crippen molar-refractivity contribution in [3.05, 3.63) is 17.7 Å². The fraction of sp³-hybridized carbons (Fsp3) is 0.600. The van der Waals surface area contributed by atoms with Gasteiger partial charge in [0, 0.05) is 12.2 Å². The Bertz CT molecular complexity index is 373. The molecule has 0 aromatic carbocycles. The first-order valence-electron chi connectivity index (χ1n) is 5.21. The number of aryl methyl sites for hydroxylation is 1. The maximum Gasteiger partial charge on any atom is 0.328 e. The standard InChI is InChI=1S/C10H15N3O2/c11-5-9(10(14)15)13-6-12-7-3-1-2-4-8(7)13/h6,9H,1-5,11H2,(H,14,15). The van der Waals surface area contributed by atoms with Gasteiger partial charge in [0.2, 0.25) is 0 Å². The van der Waals surface area contributed by atoms with Gasteiger partial charge in [-0.15, -0.1) is 0 Å². The van der Waals surface area contributed by atoms with Crippen molar-refractivity contribution in [2.45, 2.75) is 31.7 Å². The molecule has 0 aliphatic heterocycles. The fourth-order valence-corrected chi connectivity index (χ4v) is 2.09. The molecule has 1 atom stereocenters. The first-order chi connectivity index (χ1) is 7.24. The monoisotopic (exact) mass is 209 g/mol. The minimum atomic E-state index is -0.886. The summed E-state index contributed by atoms with van der Waals surface area (Å²) in [6, 6.07) is -0.667. The minimum absolute atomic E-state index is 0.109. The molecule has 0 fully saturated rings. The van der Waals surface area contributed by atoms with Crippen molar-refractivity contribution in [3.63, 3.8) is 0 Å². The third-order valence-electron chi connectivity index (χ3n) is 2.90. The second-order valence-electron chi connectivity index (χ2n) is 3.84. The third-order valence-corrected chi connectivity index (χ3v) is 2.90. The van der Waals surface area contributed by atoms with Crippen molar-refractivity contribution in [2.24, 2.45) is 5.73 Å². The summed E-state index contributed by atoms with van der Waals surface area (Å²) in [5.41, 5.74) is 7.57. The normalized spacial score (nSPS) is 17.1. The number of fused-ring (bicyclic) bond motifs is 1. The molecular weight excluding hydrogens is 194 g/mol. The molecule has 5 nitrogen and oxygen atoms in total. The largest absolute Gasteiger partial charge is 0.480 e. The van der Waals surface area contributed by atoms with Crippen LogP contribution in [0.1, 0.15) is 30.3 Å². The summed E-state index contributed by atoms with van der Waals surface area (Å²) in [7, 11) is 0. The number of carboxylic acids is 1. The molecule has 0 amide bonds. The Hall–Kier alpha value is -1.36. The molecule has 3 N–H and O–H groups in total. The molecule has 2 rings (SSSR count). The lowest BCUT2D eigenvalue weighted by molar-refractivity contribution is -0.140. The number of carbonyl (C=O) groups is 1. The third kappa shape index (κ3) is 1.74. The maximum atomic E-state index is 11.0. The van der Waals surface area contributed by atoms with Gasteiger partial charge in [-0.05, 0) is 25.7 Å². The van der Waals surface area contributed by atoms with E-state index in [1.54, 1.807) is 10.9 Å². The van der Waals surface area contributed by atoms with Crippen LogP contribution in [0.25, 0.3) is 0 Å². The summed E-state index contributed by atoms with van der Waals surface area (Å²) in [5, 5.41) is 9.02. The highest BCUT2D eigenvalue weighted by atomic mass is 16.4. The highest BCUT2D eigenvalue weighted by Gasteiger charge is 2.23. The SMILES string of the molecule is NCC(C(=O)O)n1cnc2c1CCCC2. The van der Waals surface area contributed by atoms with E-state index in [-0.39, 0.29) is 6.54 Å². The van der Waals surface area contributed by atoms with E-state index in [0.717, 1.165) is 37.1 Å². The van der Waals surface area contributed by atoms with E-state index in [0.29, 0.717) is 0 Å². The Morgan fingerprint density at radius 1 is 1.60 bits per heavy atom. The van der Waals surface area contributed by atoms with Crippen LogP contribution in [0.15, 0.2) is 6.33 Å². The Labute approximate surface area is 87.9 Å². The molecule has 0 saturated carbocycles. The number of hydrogen-bond donors (Lipinski definition) is 2. The van der Waals surface area contributed by atoms with Crippen LogP contribution in [0.3, 0.4) is 0 Å². The van der Waals surface area contributed by atoms with Gasteiger partial charge < -0.3 is 15.4 Å². The topological polar surface area (TPSA) is 81.1 Å². The van der Waals surface area contributed by atoms with Crippen molar-refractivity contribution in [1.29, 1.82) is 0 Å². The van der Waals surface area contributed by atoms with Gasteiger partial charge >= 0.3 is 5.97 Å². The average Bonchev–Trinajstić information content (AvgIpc) is 2.63. The van der Waals surface area contributed by atoms with Gasteiger partial charge in [-0.3, -0.25) is 0 Å². The predicted molar refractivity (Wildman–Crippen MR) is 54.6 cm³/mol. The number of carboxylic acid groups (broad SMARTS) is 1. The number of nitrogens with zero attached hydrogens (tertiary/aromatic N) is 2. The van der Waals surface area contributed by atoms with Gasteiger partial charge in [0.1, 0.15) is 6.04 Å². The van der Waals surface area contributed by atoms with Crippen LogP contribution in [-0.2, 0) is 17.6 Å². The van der Waals surface area contributed by atoms with E-state index in [9.17, 15) is 4.79 Å². The van der Waals surface area contributed by atoms with Gasteiger partial charge in [0.15, 0.2) is 0 Å². The average molecular weight is 209 g/mol. The number of imidazole rings is 1. The van der Waals surface area contributed by atoms with Crippen LogP contribution in [0.5, 0.6) is 0 Å². The summed E-state index contributed by atoms with van der Waals surface area (Å²) in [5.74, 6) is -0.886. The van der Waals surface area contributed by atoms with E-state index in [1.807, 2.05) is 0 Å². The van der Waals surface area contributed by atoms with Crippen LogP contribution in [0.2, 0.25) is 0 Å². The van der Waals surface area contributed by atoms with Crippen LogP contribution in [0, 0.1) is 0 Å². The predicted octanol–water partition coefficient (Wildman–Crippen LogP) is 0.346. The molecule has 0 radical (unpaired) electrons. The molecule has 1 unspecified atom stereocenters. The van der Waals surface area contributed by atoms with Crippen molar-refractivity contribution in [3.8, 4) is 0 Å². The van der Waals surface area contributed by atoms with Crippen LogP contribution in [-0.4, -0.2) is 27.2 Å². The molecule has 0 bridgehead atoms. The van der Waals surface area contributed by atoms with Gasteiger partial charge in [-0.25, -0.2) is 9.78 Å². The smallest absolute Gasteiger partial charge is 0.328 e. The maximum absolute atomic E-state index is 11.0. The Balaban J connectivity index is 2.35. The molecule has 1 heterocycles. The van der Waals surface area contributed by atoms with E-state index in [4.69, 9.17) is 10.8 Å². The minimum Gasteiger partial charge on any atom is -0.480 e. The Morgan fingerprint density at radius 3 is 3.00 bits per heavy atom. The summed E-state index contributed by atoms with van der Waals surface area (Å²) in [6.07, 6.45) is 5.74. The van der Waals surface area contributed by atoms with Crippen molar-refractivity contribution in [2.75, 3.05) is 6.54 Å². The first kappa shape index (κ1) is 10.2. The Kier molecular flexibility index (Phi) is 2.73. The second-order valence-corrected chi connectivity index (χ2v) is 3.84. The van der Waals surface area contributed by atoms with Gasteiger partial charge in [0.05, 0.1) is 12.0 Å². The second kappa shape index (κ2) is 4.02. The number of hydrogen-bond acceptors (Lipinski definition) is 3. The zero-order chi connectivity index (χ0) is 10.8. The molecule has 1 aromatic heterocycles. The number of rotatable bonds is 3. The van der Waals surface area contributed by atoms with Gasteiger partial charge in [-0.1, -0.05) is 0 Å². The molecule has 0 spiro atoms. The van der Waals surface area contributed by atoms with Crippen molar-refractivity contribution < 1.29 is 9.90 Å². The van der Waals surface area contributed by atoms with Crippen LogP contribution in [0.4, 0.5) is 0 Å². The van der Waals surface area contributed by atoms with Crippen molar-refractivity contribution >= 4 is 5.97 Å². The lowest BCUT2D eigenvalue weighted by atomic mass is 10.0. The van der Waals surface area contributed by atoms with E-state index >= 15 is 0 Å². The van der Waals surface area contributed by atoms with Gasteiger partial charge in [-0.2, -0.15) is 0 Å². The highest BCUT2D eigenvalue weighted by molar-refractivity contribution is 5.72. The van der Waals surface area contributed by atoms with E-state index in [2.05, 4.69) is 4.98 Å². The summed E-state index contributed by atoms with van der Waals surface area (Å²) >= 11 is 0. The van der Waals surface area contributed by atoms with E-state index < -0.39 is 12.0 Å². The molecule has 1 aliphatic rings. The first-order valence-corrected chi connectivity index (χ1v) is 5.21. The molecule has 1 aliphatic carbocycles. The summed E-state index contributed by atoms with van der Waals surface area (Å²) < 4.78 is 1.72. The lowest BCUT2D eigenvalue weighted by Gasteiger charge is -2.18. The quantitative estimate of drug-likeness (QED) is 0.752. The van der Waals surface area contributed by atoms with Crippen LogP contribution >= 0.6 is 0 Å². The zero-order valence-corrected chi connectivity index (χ0v) is 8.52. The molecule has 5 heteroatoms. The number of nitrogens with two attached hydrogens (primary N) is 1. The number of aliphatic carboxylic acids is 1.